The first kappa shape index (κ1) is 21.2. The van der Waals surface area contributed by atoms with Gasteiger partial charge in [0.1, 0.15) is 6.07 Å². The lowest BCUT2D eigenvalue weighted by molar-refractivity contribution is -0.137. The molecule has 0 bridgehead atoms. The predicted molar refractivity (Wildman–Crippen MR) is 98.4 cm³/mol. The molecule has 1 nitrogen and oxygen atoms in total. The summed E-state index contributed by atoms with van der Waals surface area (Å²) in [7, 11) is 0. The van der Waals surface area contributed by atoms with Crippen molar-refractivity contribution < 1.29 is 17.6 Å². The zero-order valence-corrected chi connectivity index (χ0v) is 15.3. The Kier molecular flexibility index (Phi) is 8.09. The number of alkyl halides is 3. The number of halogens is 4. The molecule has 1 aromatic rings. The molecule has 0 aromatic heterocycles. The summed E-state index contributed by atoms with van der Waals surface area (Å²) in [6.07, 6.45) is 9.06. The average Bonchev–Trinajstić information content (AvgIpc) is 2.66. The van der Waals surface area contributed by atoms with Gasteiger partial charge in [0.05, 0.1) is 5.56 Å². The smallest absolute Gasteiger partial charge is 0.195 e. The van der Waals surface area contributed by atoms with Crippen LogP contribution in [0.1, 0.15) is 56.1 Å². The Morgan fingerprint density at radius 3 is 2.33 bits per heavy atom. The summed E-state index contributed by atoms with van der Waals surface area (Å²) in [5, 5.41) is 8.35. The number of allylic oxidation sites excluding steroid dienone is 4. The van der Waals surface area contributed by atoms with Crippen LogP contribution in [0, 0.1) is 23.2 Å². The molecule has 0 N–H and O–H groups in total. The SMILES string of the molecule is N#CC(F)=CC=CC1CCC(CCCCc2ccc(C(F)(F)F)cc2)CC1. The molecule has 0 spiro atoms. The van der Waals surface area contributed by atoms with Gasteiger partial charge in [-0.1, -0.05) is 37.1 Å². The fourth-order valence-corrected chi connectivity index (χ4v) is 3.63. The molecule has 1 saturated carbocycles. The Balaban J connectivity index is 1.63. The number of rotatable bonds is 7. The highest BCUT2D eigenvalue weighted by Crippen LogP contribution is 2.33. The number of unbranched alkanes of at least 4 members (excludes halogenated alkanes) is 1. The second-order valence-electron chi connectivity index (χ2n) is 7.23. The van der Waals surface area contributed by atoms with Gasteiger partial charge in [0.2, 0.25) is 0 Å². The largest absolute Gasteiger partial charge is 0.416 e. The molecule has 0 heterocycles. The van der Waals surface area contributed by atoms with Crippen molar-refractivity contribution in [2.75, 3.05) is 0 Å². The molecule has 0 amide bonds. The van der Waals surface area contributed by atoms with Gasteiger partial charge in [-0.3, -0.25) is 0 Å². The van der Waals surface area contributed by atoms with Crippen molar-refractivity contribution in [3.63, 3.8) is 0 Å². The maximum absolute atomic E-state index is 12.7. The number of aryl methyl sites for hydroxylation is 1. The highest BCUT2D eigenvalue weighted by molar-refractivity contribution is 5.24. The molecule has 0 atom stereocenters. The van der Waals surface area contributed by atoms with E-state index in [1.165, 1.54) is 12.1 Å². The molecule has 0 aliphatic heterocycles. The van der Waals surface area contributed by atoms with Crippen LogP contribution in [0.4, 0.5) is 17.6 Å². The highest BCUT2D eigenvalue weighted by Gasteiger charge is 2.29. The molecular weight excluding hydrogens is 354 g/mol. The second kappa shape index (κ2) is 10.3. The molecule has 0 radical (unpaired) electrons. The number of nitrogens with zero attached hydrogens (tertiary/aromatic N) is 1. The molecule has 1 aromatic carbocycles. The second-order valence-corrected chi connectivity index (χ2v) is 7.23. The number of nitriles is 1. The van der Waals surface area contributed by atoms with Crippen molar-refractivity contribution in [3.8, 4) is 6.07 Å². The summed E-state index contributed by atoms with van der Waals surface area (Å²) in [6, 6.07) is 6.91. The minimum absolute atomic E-state index is 0.455. The molecule has 146 valence electrons. The Labute approximate surface area is 158 Å². The van der Waals surface area contributed by atoms with Crippen LogP contribution in [0.25, 0.3) is 0 Å². The number of hydrogen-bond acceptors (Lipinski definition) is 1. The maximum atomic E-state index is 12.7. The molecule has 2 rings (SSSR count). The van der Waals surface area contributed by atoms with Crippen LogP contribution in [0.3, 0.4) is 0 Å². The van der Waals surface area contributed by atoms with Gasteiger partial charge in [-0.2, -0.15) is 22.8 Å². The minimum Gasteiger partial charge on any atom is -0.195 e. The Morgan fingerprint density at radius 1 is 1.07 bits per heavy atom. The lowest BCUT2D eigenvalue weighted by Crippen LogP contribution is -2.13. The van der Waals surface area contributed by atoms with E-state index in [9.17, 15) is 17.6 Å². The highest BCUT2D eigenvalue weighted by atomic mass is 19.4. The van der Waals surface area contributed by atoms with Crippen LogP contribution >= 0.6 is 0 Å². The number of benzene rings is 1. The fourth-order valence-electron chi connectivity index (χ4n) is 3.63. The van der Waals surface area contributed by atoms with Crippen molar-refractivity contribution >= 4 is 0 Å². The van der Waals surface area contributed by atoms with Gasteiger partial charge >= 0.3 is 6.18 Å². The molecule has 1 aliphatic carbocycles. The molecule has 1 aliphatic rings. The van der Waals surface area contributed by atoms with E-state index < -0.39 is 17.6 Å². The van der Waals surface area contributed by atoms with Gasteiger partial charge in [-0.05, 0) is 74.1 Å². The maximum Gasteiger partial charge on any atom is 0.416 e. The topological polar surface area (TPSA) is 23.8 Å². The zero-order chi connectivity index (χ0) is 19.7. The van der Waals surface area contributed by atoms with E-state index >= 15 is 0 Å². The van der Waals surface area contributed by atoms with Crippen LogP contribution < -0.4 is 0 Å². The zero-order valence-electron chi connectivity index (χ0n) is 15.3. The van der Waals surface area contributed by atoms with Crippen LogP contribution in [0.15, 0.2) is 48.3 Å². The van der Waals surface area contributed by atoms with E-state index in [0.717, 1.165) is 69.1 Å². The summed E-state index contributed by atoms with van der Waals surface area (Å²) in [5.74, 6) is 0.387. The third kappa shape index (κ3) is 7.58. The van der Waals surface area contributed by atoms with Crippen LogP contribution in [0.2, 0.25) is 0 Å². The average molecular weight is 379 g/mol. The number of hydrogen-bond donors (Lipinski definition) is 0. The van der Waals surface area contributed by atoms with E-state index in [4.69, 9.17) is 5.26 Å². The molecule has 1 fully saturated rings. The molecule has 0 unspecified atom stereocenters. The Morgan fingerprint density at radius 2 is 1.74 bits per heavy atom. The standard InChI is InChI=1S/C22H25F4N/c23-21(16-27)7-3-6-19-10-8-17(9-11-19)4-1-2-5-18-12-14-20(15-13-18)22(24,25)26/h3,6-7,12-15,17,19H,1-2,4-5,8-11H2. The summed E-state index contributed by atoms with van der Waals surface area (Å²) in [4.78, 5) is 0. The van der Waals surface area contributed by atoms with Gasteiger partial charge in [0.15, 0.2) is 5.83 Å². The van der Waals surface area contributed by atoms with E-state index in [-0.39, 0.29) is 0 Å². The molecule has 27 heavy (non-hydrogen) atoms. The van der Waals surface area contributed by atoms with E-state index in [2.05, 4.69) is 0 Å². The van der Waals surface area contributed by atoms with Crippen molar-refractivity contribution in [2.24, 2.45) is 11.8 Å². The van der Waals surface area contributed by atoms with Crippen LogP contribution in [-0.4, -0.2) is 0 Å². The van der Waals surface area contributed by atoms with Gasteiger partial charge in [-0.15, -0.1) is 0 Å². The third-order valence-electron chi connectivity index (χ3n) is 5.23. The van der Waals surface area contributed by atoms with Crippen molar-refractivity contribution in [2.45, 2.75) is 57.5 Å². The summed E-state index contributed by atoms with van der Waals surface area (Å²) in [5.41, 5.74) is 0.359. The minimum atomic E-state index is -4.27. The van der Waals surface area contributed by atoms with E-state index in [0.29, 0.717) is 11.8 Å². The van der Waals surface area contributed by atoms with Crippen molar-refractivity contribution in [1.29, 1.82) is 5.26 Å². The van der Waals surface area contributed by atoms with E-state index in [1.807, 2.05) is 6.08 Å². The van der Waals surface area contributed by atoms with Gasteiger partial charge in [0.25, 0.3) is 0 Å². The first-order valence-electron chi connectivity index (χ1n) is 9.48. The lowest BCUT2D eigenvalue weighted by Gasteiger charge is -2.26. The fraction of sp³-hybridized carbons (Fsp3) is 0.500. The van der Waals surface area contributed by atoms with Gasteiger partial charge in [-0.25, -0.2) is 0 Å². The van der Waals surface area contributed by atoms with Gasteiger partial charge < -0.3 is 0 Å². The molecule has 0 saturated heterocycles. The summed E-state index contributed by atoms with van der Waals surface area (Å²) in [6.45, 7) is 0. The predicted octanol–water partition coefficient (Wildman–Crippen LogP) is 7.16. The van der Waals surface area contributed by atoms with Crippen LogP contribution in [0.5, 0.6) is 0 Å². The Hall–Kier alpha value is -2.09. The van der Waals surface area contributed by atoms with Crippen LogP contribution in [-0.2, 0) is 12.6 Å². The quantitative estimate of drug-likeness (QED) is 0.213. The molecular formula is C22H25F4N. The summed E-state index contributed by atoms with van der Waals surface area (Å²) < 4.78 is 50.3. The summed E-state index contributed by atoms with van der Waals surface area (Å²) >= 11 is 0. The van der Waals surface area contributed by atoms with Crippen molar-refractivity contribution in [3.05, 3.63) is 59.4 Å². The normalized spacial score (nSPS) is 21.4. The first-order chi connectivity index (χ1) is 12.9. The monoisotopic (exact) mass is 379 g/mol. The Bertz CT molecular complexity index is 672. The van der Waals surface area contributed by atoms with Gasteiger partial charge in [0, 0.05) is 0 Å². The first-order valence-corrected chi connectivity index (χ1v) is 9.48. The third-order valence-corrected chi connectivity index (χ3v) is 5.23. The van der Waals surface area contributed by atoms with E-state index in [1.54, 1.807) is 18.2 Å². The molecule has 5 heteroatoms. The lowest BCUT2D eigenvalue weighted by atomic mass is 9.79. The van der Waals surface area contributed by atoms with Crippen molar-refractivity contribution in [1.82, 2.24) is 0 Å².